The first-order chi connectivity index (χ1) is 7.16. The first-order valence-electron chi connectivity index (χ1n) is 5.82. The Balaban J connectivity index is 2.59. The first-order valence-corrected chi connectivity index (χ1v) is 6.22. The third-order valence-electron chi connectivity index (χ3n) is 2.54. The fourth-order valence-corrected chi connectivity index (χ4v) is 1.91. The van der Waals surface area contributed by atoms with Gasteiger partial charge in [0.25, 0.3) is 0 Å². The van der Waals surface area contributed by atoms with Crippen LogP contribution in [0.3, 0.4) is 0 Å². The number of rotatable bonds is 6. The Morgan fingerprint density at radius 1 is 1.33 bits per heavy atom. The Kier molecular flexibility index (Phi) is 5.02. The molecule has 0 radical (unpaired) electrons. The lowest BCUT2D eigenvalue weighted by Crippen LogP contribution is -2.05. The normalized spacial score (nSPS) is 11.2. The van der Waals surface area contributed by atoms with Crippen molar-refractivity contribution >= 4 is 12.2 Å². The van der Waals surface area contributed by atoms with Gasteiger partial charge in [0.05, 0.1) is 0 Å². The van der Waals surface area contributed by atoms with Crippen LogP contribution in [0.1, 0.15) is 58.2 Å². The van der Waals surface area contributed by atoms with Gasteiger partial charge in [0.1, 0.15) is 5.82 Å². The molecule has 1 aromatic heterocycles. The van der Waals surface area contributed by atoms with Crippen LogP contribution in [-0.4, -0.2) is 14.8 Å². The molecule has 0 spiro atoms. The van der Waals surface area contributed by atoms with E-state index in [9.17, 15) is 0 Å². The number of aromatic nitrogens is 3. The van der Waals surface area contributed by atoms with Crippen LogP contribution in [0.2, 0.25) is 0 Å². The molecular formula is C11H21N3S. The molecule has 0 aliphatic rings. The van der Waals surface area contributed by atoms with Crippen molar-refractivity contribution in [3.05, 3.63) is 10.6 Å². The van der Waals surface area contributed by atoms with Crippen molar-refractivity contribution < 1.29 is 0 Å². The van der Waals surface area contributed by atoms with Gasteiger partial charge in [-0.15, -0.1) is 0 Å². The second-order valence-electron chi connectivity index (χ2n) is 4.25. The van der Waals surface area contributed by atoms with E-state index in [2.05, 4.69) is 35.5 Å². The first kappa shape index (κ1) is 12.4. The van der Waals surface area contributed by atoms with Crippen LogP contribution >= 0.6 is 12.2 Å². The zero-order chi connectivity index (χ0) is 11.3. The monoisotopic (exact) mass is 227 g/mol. The number of hydrogen-bond acceptors (Lipinski definition) is 2. The molecule has 0 amide bonds. The van der Waals surface area contributed by atoms with Crippen LogP contribution < -0.4 is 0 Å². The quantitative estimate of drug-likeness (QED) is 0.594. The molecule has 0 bridgehead atoms. The maximum atomic E-state index is 5.21. The van der Waals surface area contributed by atoms with E-state index in [0.29, 0.717) is 5.92 Å². The molecule has 0 fully saturated rings. The van der Waals surface area contributed by atoms with Gasteiger partial charge < -0.3 is 4.57 Å². The second-order valence-corrected chi connectivity index (χ2v) is 4.64. The minimum atomic E-state index is 0.434. The Morgan fingerprint density at radius 2 is 2.07 bits per heavy atom. The van der Waals surface area contributed by atoms with Crippen molar-refractivity contribution in [1.82, 2.24) is 14.8 Å². The molecule has 0 saturated carbocycles. The molecule has 86 valence electrons. The highest BCUT2D eigenvalue weighted by Gasteiger charge is 2.08. The number of unbranched alkanes of at least 4 members (excludes halogenated alkanes) is 3. The van der Waals surface area contributed by atoms with Gasteiger partial charge in [-0.05, 0) is 18.6 Å². The van der Waals surface area contributed by atoms with E-state index < -0.39 is 0 Å². The SMILES string of the molecule is CCCCCCn1c(C(C)C)n[nH]c1=S. The Morgan fingerprint density at radius 3 is 2.67 bits per heavy atom. The molecule has 1 heterocycles. The van der Waals surface area contributed by atoms with Crippen molar-refractivity contribution in [2.75, 3.05) is 0 Å². The van der Waals surface area contributed by atoms with E-state index in [-0.39, 0.29) is 0 Å². The fraction of sp³-hybridized carbons (Fsp3) is 0.818. The van der Waals surface area contributed by atoms with Crippen LogP contribution in [0, 0.1) is 4.77 Å². The predicted octanol–water partition coefficient (Wildman–Crippen LogP) is 3.64. The summed E-state index contributed by atoms with van der Waals surface area (Å²) in [6.45, 7) is 7.52. The van der Waals surface area contributed by atoms with Crippen LogP contribution in [0.4, 0.5) is 0 Å². The highest BCUT2D eigenvalue weighted by atomic mass is 32.1. The zero-order valence-electron chi connectivity index (χ0n) is 9.92. The van der Waals surface area contributed by atoms with Crippen molar-refractivity contribution in [2.24, 2.45) is 0 Å². The molecular weight excluding hydrogens is 206 g/mol. The minimum Gasteiger partial charge on any atom is -0.304 e. The molecule has 3 nitrogen and oxygen atoms in total. The van der Waals surface area contributed by atoms with Crippen molar-refractivity contribution in [1.29, 1.82) is 0 Å². The summed E-state index contributed by atoms with van der Waals surface area (Å²) >= 11 is 5.21. The van der Waals surface area contributed by atoms with E-state index in [1.165, 1.54) is 25.7 Å². The van der Waals surface area contributed by atoms with Crippen molar-refractivity contribution in [3.8, 4) is 0 Å². The minimum absolute atomic E-state index is 0.434. The molecule has 1 N–H and O–H groups in total. The maximum Gasteiger partial charge on any atom is 0.195 e. The molecule has 1 aromatic rings. The van der Waals surface area contributed by atoms with Crippen molar-refractivity contribution in [2.45, 2.75) is 58.9 Å². The van der Waals surface area contributed by atoms with Crippen LogP contribution in [0.15, 0.2) is 0 Å². The topological polar surface area (TPSA) is 33.6 Å². The molecule has 0 atom stereocenters. The number of hydrogen-bond donors (Lipinski definition) is 1. The molecule has 15 heavy (non-hydrogen) atoms. The molecule has 4 heteroatoms. The van der Waals surface area contributed by atoms with Gasteiger partial charge in [0.2, 0.25) is 0 Å². The molecule has 0 aliphatic carbocycles. The Labute approximate surface area is 96.9 Å². The van der Waals surface area contributed by atoms with E-state index >= 15 is 0 Å². The molecule has 0 unspecified atom stereocenters. The zero-order valence-corrected chi connectivity index (χ0v) is 10.7. The summed E-state index contributed by atoms with van der Waals surface area (Å²) in [7, 11) is 0. The largest absolute Gasteiger partial charge is 0.304 e. The number of H-pyrrole nitrogens is 1. The summed E-state index contributed by atoms with van der Waals surface area (Å²) in [5.41, 5.74) is 0. The fourth-order valence-electron chi connectivity index (χ4n) is 1.68. The Hall–Kier alpha value is -0.640. The molecule has 0 saturated heterocycles. The molecule has 1 rings (SSSR count). The van der Waals surface area contributed by atoms with Gasteiger partial charge in [-0.25, -0.2) is 0 Å². The smallest absolute Gasteiger partial charge is 0.195 e. The third kappa shape index (κ3) is 3.45. The van der Waals surface area contributed by atoms with Gasteiger partial charge >= 0.3 is 0 Å². The van der Waals surface area contributed by atoms with Gasteiger partial charge in [-0.3, -0.25) is 5.10 Å². The highest BCUT2D eigenvalue weighted by molar-refractivity contribution is 7.71. The summed E-state index contributed by atoms with van der Waals surface area (Å²) in [5.74, 6) is 1.51. The number of nitrogens with one attached hydrogen (secondary N) is 1. The van der Waals surface area contributed by atoms with Gasteiger partial charge in [0, 0.05) is 12.5 Å². The molecule has 0 aromatic carbocycles. The summed E-state index contributed by atoms with van der Waals surface area (Å²) < 4.78 is 2.89. The van der Waals surface area contributed by atoms with E-state index in [1.54, 1.807) is 0 Å². The van der Waals surface area contributed by atoms with Gasteiger partial charge in [0.15, 0.2) is 4.77 Å². The van der Waals surface area contributed by atoms with Gasteiger partial charge in [-0.2, -0.15) is 5.10 Å². The maximum absolute atomic E-state index is 5.21. The predicted molar refractivity (Wildman–Crippen MR) is 65.6 cm³/mol. The van der Waals surface area contributed by atoms with E-state index in [1.807, 2.05) is 0 Å². The average Bonchev–Trinajstić information content (AvgIpc) is 2.55. The third-order valence-corrected chi connectivity index (χ3v) is 2.85. The van der Waals surface area contributed by atoms with E-state index in [0.717, 1.165) is 17.1 Å². The average molecular weight is 227 g/mol. The second kappa shape index (κ2) is 6.05. The lowest BCUT2D eigenvalue weighted by molar-refractivity contribution is 0.549. The lowest BCUT2D eigenvalue weighted by atomic mass is 10.2. The number of aromatic amines is 1. The van der Waals surface area contributed by atoms with Gasteiger partial charge in [-0.1, -0.05) is 40.0 Å². The standard InChI is InChI=1S/C11H21N3S/c1-4-5-6-7-8-14-10(9(2)3)12-13-11(14)15/h9H,4-8H2,1-3H3,(H,13,15). The Bertz CT molecular complexity index is 338. The number of nitrogens with zero attached hydrogens (tertiary/aromatic N) is 2. The molecule has 0 aliphatic heterocycles. The lowest BCUT2D eigenvalue weighted by Gasteiger charge is -2.08. The summed E-state index contributed by atoms with van der Waals surface area (Å²) in [4.78, 5) is 0. The summed E-state index contributed by atoms with van der Waals surface area (Å²) in [5, 5.41) is 7.14. The van der Waals surface area contributed by atoms with Crippen LogP contribution in [-0.2, 0) is 6.54 Å². The summed E-state index contributed by atoms with van der Waals surface area (Å²) in [6, 6.07) is 0. The van der Waals surface area contributed by atoms with E-state index in [4.69, 9.17) is 12.2 Å². The highest BCUT2D eigenvalue weighted by Crippen LogP contribution is 2.13. The van der Waals surface area contributed by atoms with Crippen molar-refractivity contribution in [3.63, 3.8) is 0 Å². The van der Waals surface area contributed by atoms with Crippen LogP contribution in [0.5, 0.6) is 0 Å². The van der Waals surface area contributed by atoms with Crippen LogP contribution in [0.25, 0.3) is 0 Å². The summed E-state index contributed by atoms with van der Waals surface area (Å²) in [6.07, 6.45) is 5.05.